The Morgan fingerprint density at radius 1 is 1.24 bits per heavy atom. The van der Waals surface area contributed by atoms with Crippen LogP contribution >= 0.6 is 0 Å². The van der Waals surface area contributed by atoms with Gasteiger partial charge in [-0.15, -0.1) is 0 Å². The molecule has 0 unspecified atom stereocenters. The van der Waals surface area contributed by atoms with Gasteiger partial charge in [0.15, 0.2) is 0 Å². The number of hydrogen-bond donors (Lipinski definition) is 0. The zero-order valence-corrected chi connectivity index (χ0v) is 13.2. The number of unbranched alkanes of at least 4 members (excludes halogenated alkanes) is 1. The van der Waals surface area contributed by atoms with Crippen molar-refractivity contribution in [3.63, 3.8) is 0 Å². The van der Waals surface area contributed by atoms with E-state index in [1.165, 1.54) is 0 Å². The van der Waals surface area contributed by atoms with Crippen LogP contribution in [0.3, 0.4) is 0 Å². The number of nitrogens with zero attached hydrogens (tertiary/aromatic N) is 1. The highest BCUT2D eigenvalue weighted by atomic mass is 16.5. The molecule has 2 atom stereocenters. The van der Waals surface area contributed by atoms with Gasteiger partial charge >= 0.3 is 0 Å². The molecule has 4 nitrogen and oxygen atoms in total. The molecule has 1 aliphatic rings. The van der Waals surface area contributed by atoms with E-state index in [1.54, 1.807) is 0 Å². The molecule has 0 spiro atoms. The lowest BCUT2D eigenvalue weighted by Gasteiger charge is -2.35. The monoisotopic (exact) mass is 291 g/mol. The molecule has 0 bridgehead atoms. The molecule has 2 rings (SSSR count). The Bertz CT molecular complexity index is 448. The largest absolute Gasteiger partial charge is 0.494 e. The highest BCUT2D eigenvalue weighted by Gasteiger charge is 2.26. The third kappa shape index (κ3) is 4.46. The highest BCUT2D eigenvalue weighted by molar-refractivity contribution is 5.94. The fourth-order valence-electron chi connectivity index (χ4n) is 2.55. The fraction of sp³-hybridized carbons (Fsp3) is 0.588. The minimum absolute atomic E-state index is 0.0668. The molecule has 0 N–H and O–H groups in total. The number of hydrogen-bond acceptors (Lipinski definition) is 3. The van der Waals surface area contributed by atoms with E-state index in [9.17, 15) is 4.79 Å². The van der Waals surface area contributed by atoms with Crippen LogP contribution in [0.4, 0.5) is 0 Å². The third-order valence-corrected chi connectivity index (χ3v) is 3.57. The van der Waals surface area contributed by atoms with Gasteiger partial charge in [0.2, 0.25) is 0 Å². The summed E-state index contributed by atoms with van der Waals surface area (Å²) < 4.78 is 11.3. The van der Waals surface area contributed by atoms with Crippen LogP contribution in [0.25, 0.3) is 0 Å². The van der Waals surface area contributed by atoms with Gasteiger partial charge in [-0.3, -0.25) is 4.79 Å². The van der Waals surface area contributed by atoms with Gasteiger partial charge in [0.05, 0.1) is 18.8 Å². The quantitative estimate of drug-likeness (QED) is 0.782. The Morgan fingerprint density at radius 2 is 1.86 bits per heavy atom. The topological polar surface area (TPSA) is 38.8 Å². The first-order chi connectivity index (χ1) is 10.1. The third-order valence-electron chi connectivity index (χ3n) is 3.57. The first kappa shape index (κ1) is 15.8. The number of amides is 1. The van der Waals surface area contributed by atoms with E-state index in [0.717, 1.165) is 25.2 Å². The fourth-order valence-corrected chi connectivity index (χ4v) is 2.55. The van der Waals surface area contributed by atoms with Crippen molar-refractivity contribution in [1.82, 2.24) is 4.90 Å². The van der Waals surface area contributed by atoms with Gasteiger partial charge in [-0.05, 0) is 44.5 Å². The van der Waals surface area contributed by atoms with Crippen LogP contribution in [0.5, 0.6) is 5.75 Å². The van der Waals surface area contributed by atoms with Gasteiger partial charge < -0.3 is 14.4 Å². The maximum absolute atomic E-state index is 12.5. The number of benzene rings is 1. The Hall–Kier alpha value is -1.55. The summed E-state index contributed by atoms with van der Waals surface area (Å²) in [5.41, 5.74) is 0.708. The van der Waals surface area contributed by atoms with Crippen molar-refractivity contribution >= 4 is 5.91 Å². The SMILES string of the molecule is CCCCOc1ccc(C(=O)N2C[C@@H](C)O[C@@H](C)C2)cc1. The molecular formula is C17H25NO3. The van der Waals surface area contributed by atoms with Gasteiger partial charge in [-0.2, -0.15) is 0 Å². The minimum Gasteiger partial charge on any atom is -0.494 e. The molecule has 21 heavy (non-hydrogen) atoms. The van der Waals surface area contributed by atoms with Gasteiger partial charge in [0.25, 0.3) is 5.91 Å². The maximum atomic E-state index is 12.5. The molecule has 1 aromatic rings. The Balaban J connectivity index is 1.96. The predicted molar refractivity (Wildman–Crippen MR) is 82.8 cm³/mol. The van der Waals surface area contributed by atoms with Crippen molar-refractivity contribution in [2.75, 3.05) is 19.7 Å². The summed E-state index contributed by atoms with van der Waals surface area (Å²) in [4.78, 5) is 14.4. The van der Waals surface area contributed by atoms with Crippen LogP contribution in [-0.4, -0.2) is 42.7 Å². The standard InChI is InChI=1S/C17H25NO3/c1-4-5-10-20-16-8-6-15(7-9-16)17(19)18-11-13(2)21-14(3)12-18/h6-9,13-14H,4-5,10-12H2,1-3H3/t13-,14+. The van der Waals surface area contributed by atoms with E-state index in [1.807, 2.05) is 43.0 Å². The molecule has 116 valence electrons. The number of carbonyl (C=O) groups is 1. The molecule has 0 saturated carbocycles. The van der Waals surface area contributed by atoms with Crippen LogP contribution in [0.15, 0.2) is 24.3 Å². The van der Waals surface area contributed by atoms with Crippen LogP contribution in [0.1, 0.15) is 44.0 Å². The molecule has 1 aromatic carbocycles. The summed E-state index contributed by atoms with van der Waals surface area (Å²) in [7, 11) is 0. The second-order valence-electron chi connectivity index (χ2n) is 5.69. The maximum Gasteiger partial charge on any atom is 0.254 e. The van der Waals surface area contributed by atoms with Crippen molar-refractivity contribution in [1.29, 1.82) is 0 Å². The predicted octanol–water partition coefficient (Wildman–Crippen LogP) is 3.11. The van der Waals surface area contributed by atoms with Crippen LogP contribution < -0.4 is 4.74 Å². The average Bonchev–Trinajstić information content (AvgIpc) is 2.46. The van der Waals surface area contributed by atoms with Crippen LogP contribution in [0.2, 0.25) is 0 Å². The van der Waals surface area contributed by atoms with Crippen molar-refractivity contribution < 1.29 is 14.3 Å². The molecule has 4 heteroatoms. The van der Waals surface area contributed by atoms with E-state index in [2.05, 4.69) is 6.92 Å². The molecule has 0 aromatic heterocycles. The second-order valence-corrected chi connectivity index (χ2v) is 5.69. The minimum atomic E-state index is 0.0668. The number of morpholine rings is 1. The van der Waals surface area contributed by atoms with E-state index in [-0.39, 0.29) is 18.1 Å². The van der Waals surface area contributed by atoms with Crippen molar-refractivity contribution in [2.45, 2.75) is 45.8 Å². The zero-order chi connectivity index (χ0) is 15.2. The molecular weight excluding hydrogens is 266 g/mol. The van der Waals surface area contributed by atoms with E-state index >= 15 is 0 Å². The first-order valence-corrected chi connectivity index (χ1v) is 7.77. The van der Waals surface area contributed by atoms with Crippen molar-refractivity contribution in [3.05, 3.63) is 29.8 Å². The summed E-state index contributed by atoms with van der Waals surface area (Å²) in [6, 6.07) is 7.43. The summed E-state index contributed by atoms with van der Waals surface area (Å²) in [5.74, 6) is 0.890. The van der Waals surface area contributed by atoms with Crippen molar-refractivity contribution in [3.8, 4) is 5.75 Å². The summed E-state index contributed by atoms with van der Waals surface area (Å²) in [6.07, 6.45) is 2.34. The highest BCUT2D eigenvalue weighted by Crippen LogP contribution is 2.17. The molecule has 0 aliphatic carbocycles. The van der Waals surface area contributed by atoms with Gasteiger partial charge in [0.1, 0.15) is 5.75 Å². The molecule has 1 amide bonds. The van der Waals surface area contributed by atoms with Crippen LogP contribution in [0, 0.1) is 0 Å². The van der Waals surface area contributed by atoms with Crippen molar-refractivity contribution in [2.24, 2.45) is 0 Å². The molecule has 1 aliphatic heterocycles. The Morgan fingerprint density at radius 3 is 2.43 bits per heavy atom. The van der Waals surface area contributed by atoms with E-state index in [0.29, 0.717) is 18.7 Å². The Labute approximate surface area is 127 Å². The summed E-state index contributed by atoms with van der Waals surface area (Å²) >= 11 is 0. The van der Waals surface area contributed by atoms with E-state index in [4.69, 9.17) is 9.47 Å². The zero-order valence-electron chi connectivity index (χ0n) is 13.2. The average molecular weight is 291 g/mol. The summed E-state index contributed by atoms with van der Waals surface area (Å²) in [6.45, 7) is 8.16. The van der Waals surface area contributed by atoms with Crippen LogP contribution in [-0.2, 0) is 4.74 Å². The number of carbonyl (C=O) groups excluding carboxylic acids is 1. The lowest BCUT2D eigenvalue weighted by molar-refractivity contribution is -0.0586. The first-order valence-electron chi connectivity index (χ1n) is 7.77. The molecule has 1 fully saturated rings. The second kappa shape index (κ2) is 7.46. The molecule has 1 saturated heterocycles. The van der Waals surface area contributed by atoms with Gasteiger partial charge in [-0.1, -0.05) is 13.3 Å². The lowest BCUT2D eigenvalue weighted by Crippen LogP contribution is -2.48. The van der Waals surface area contributed by atoms with E-state index < -0.39 is 0 Å². The van der Waals surface area contributed by atoms with Gasteiger partial charge in [0, 0.05) is 18.7 Å². The lowest BCUT2D eigenvalue weighted by atomic mass is 10.1. The molecule has 0 radical (unpaired) electrons. The normalized spacial score (nSPS) is 22.1. The number of ether oxygens (including phenoxy) is 2. The summed E-state index contributed by atoms with van der Waals surface area (Å²) in [5, 5.41) is 0. The number of rotatable bonds is 5. The smallest absolute Gasteiger partial charge is 0.254 e. The Kier molecular flexibility index (Phi) is 5.62. The van der Waals surface area contributed by atoms with Gasteiger partial charge in [-0.25, -0.2) is 0 Å². The molecule has 1 heterocycles.